The van der Waals surface area contributed by atoms with Crippen molar-refractivity contribution >= 4 is 17.5 Å². The average molecular weight is 395 g/mol. The number of nitrogens with zero attached hydrogens (tertiary/aromatic N) is 1. The molecule has 29 heavy (non-hydrogen) atoms. The Bertz CT molecular complexity index is 1010. The summed E-state index contributed by atoms with van der Waals surface area (Å²) in [4.78, 5) is 28.5. The van der Waals surface area contributed by atoms with Gasteiger partial charge in [0.2, 0.25) is 0 Å². The van der Waals surface area contributed by atoms with Crippen LogP contribution in [0, 0.1) is 11.6 Å². The predicted octanol–water partition coefficient (Wildman–Crippen LogP) is 3.97. The number of carbonyl (C=O) groups excluding carboxylic acids is 2. The van der Waals surface area contributed by atoms with E-state index in [1.807, 2.05) is 30.3 Å². The second kappa shape index (κ2) is 9.54. The van der Waals surface area contributed by atoms with Crippen molar-refractivity contribution in [2.24, 2.45) is 0 Å². The lowest BCUT2D eigenvalue weighted by atomic mass is 10.1. The lowest BCUT2D eigenvalue weighted by molar-refractivity contribution is 0.0953. The Kier molecular flexibility index (Phi) is 6.63. The summed E-state index contributed by atoms with van der Waals surface area (Å²) in [5, 5.41) is 5.12. The van der Waals surface area contributed by atoms with Gasteiger partial charge in [-0.25, -0.2) is 8.78 Å². The molecule has 2 amide bonds. The highest BCUT2D eigenvalue weighted by atomic mass is 19.1. The molecule has 0 fully saturated rings. The first-order valence-electron chi connectivity index (χ1n) is 9.07. The summed E-state index contributed by atoms with van der Waals surface area (Å²) in [7, 11) is 0. The van der Waals surface area contributed by atoms with Gasteiger partial charge in [0.05, 0.1) is 5.69 Å². The fourth-order valence-corrected chi connectivity index (χ4v) is 2.71. The average Bonchev–Trinajstić information content (AvgIpc) is 2.74. The van der Waals surface area contributed by atoms with Crippen molar-refractivity contribution in [2.75, 3.05) is 11.9 Å². The quantitative estimate of drug-likeness (QED) is 0.595. The molecule has 0 aliphatic heterocycles. The maximum absolute atomic E-state index is 13.7. The molecule has 0 saturated heterocycles. The van der Waals surface area contributed by atoms with E-state index in [9.17, 15) is 18.4 Å². The van der Waals surface area contributed by atoms with Crippen LogP contribution in [0.15, 0.2) is 66.9 Å². The molecule has 0 aliphatic carbocycles. The fraction of sp³-hybridized carbons (Fsp3) is 0.136. The number of halogens is 2. The van der Waals surface area contributed by atoms with E-state index in [4.69, 9.17) is 0 Å². The SMILES string of the molecule is O=C(NCCCc1ccccc1)c1ccnc(C(=O)Nc2ccc(F)cc2F)c1. The van der Waals surface area contributed by atoms with Crippen molar-refractivity contribution in [3.63, 3.8) is 0 Å². The first-order valence-corrected chi connectivity index (χ1v) is 9.07. The molecule has 2 aromatic carbocycles. The van der Waals surface area contributed by atoms with Crippen LogP contribution in [0.5, 0.6) is 0 Å². The third kappa shape index (κ3) is 5.68. The van der Waals surface area contributed by atoms with Crippen molar-refractivity contribution in [3.8, 4) is 0 Å². The van der Waals surface area contributed by atoms with Crippen molar-refractivity contribution < 1.29 is 18.4 Å². The maximum atomic E-state index is 13.7. The van der Waals surface area contributed by atoms with Gasteiger partial charge in [0.1, 0.15) is 17.3 Å². The van der Waals surface area contributed by atoms with E-state index in [1.165, 1.54) is 23.9 Å². The molecule has 1 heterocycles. The van der Waals surface area contributed by atoms with Gasteiger partial charge in [-0.1, -0.05) is 30.3 Å². The van der Waals surface area contributed by atoms with Crippen molar-refractivity contribution in [3.05, 3.63) is 95.3 Å². The normalized spacial score (nSPS) is 10.4. The third-order valence-electron chi connectivity index (χ3n) is 4.20. The van der Waals surface area contributed by atoms with E-state index in [0.717, 1.165) is 25.0 Å². The van der Waals surface area contributed by atoms with Crippen LogP contribution in [0.4, 0.5) is 14.5 Å². The zero-order valence-electron chi connectivity index (χ0n) is 15.5. The smallest absolute Gasteiger partial charge is 0.274 e. The Hall–Kier alpha value is -3.61. The summed E-state index contributed by atoms with van der Waals surface area (Å²) in [5.74, 6) is -2.67. The molecule has 0 radical (unpaired) electrons. The number of carbonyl (C=O) groups is 2. The number of anilines is 1. The molecule has 3 aromatic rings. The summed E-state index contributed by atoms with van der Waals surface area (Å²) >= 11 is 0. The fourth-order valence-electron chi connectivity index (χ4n) is 2.71. The van der Waals surface area contributed by atoms with Gasteiger partial charge in [0.15, 0.2) is 0 Å². The van der Waals surface area contributed by atoms with Crippen LogP contribution in [0.25, 0.3) is 0 Å². The summed E-state index contributed by atoms with van der Waals surface area (Å²) < 4.78 is 26.7. The van der Waals surface area contributed by atoms with Gasteiger partial charge in [0.25, 0.3) is 11.8 Å². The molecule has 148 valence electrons. The zero-order chi connectivity index (χ0) is 20.6. The van der Waals surface area contributed by atoms with E-state index in [-0.39, 0.29) is 22.9 Å². The lowest BCUT2D eigenvalue weighted by Gasteiger charge is -2.08. The molecule has 0 saturated carbocycles. The Morgan fingerprint density at radius 3 is 2.48 bits per heavy atom. The van der Waals surface area contributed by atoms with Gasteiger partial charge in [0, 0.05) is 24.4 Å². The van der Waals surface area contributed by atoms with E-state index in [1.54, 1.807) is 0 Å². The van der Waals surface area contributed by atoms with Gasteiger partial charge in [-0.15, -0.1) is 0 Å². The molecule has 0 atom stereocenters. The molecular formula is C22H19F2N3O2. The third-order valence-corrected chi connectivity index (χ3v) is 4.20. The molecule has 7 heteroatoms. The van der Waals surface area contributed by atoms with Crippen LogP contribution in [0.3, 0.4) is 0 Å². The predicted molar refractivity (Wildman–Crippen MR) is 106 cm³/mol. The number of hydrogen-bond donors (Lipinski definition) is 2. The second-order valence-electron chi connectivity index (χ2n) is 6.35. The van der Waals surface area contributed by atoms with Crippen LogP contribution in [0.2, 0.25) is 0 Å². The van der Waals surface area contributed by atoms with Crippen molar-refractivity contribution in [1.82, 2.24) is 10.3 Å². The Balaban J connectivity index is 1.56. The lowest BCUT2D eigenvalue weighted by Crippen LogP contribution is -2.25. The summed E-state index contributed by atoms with van der Waals surface area (Å²) in [6, 6.07) is 15.6. The minimum Gasteiger partial charge on any atom is -0.352 e. The van der Waals surface area contributed by atoms with Crippen LogP contribution in [-0.2, 0) is 6.42 Å². The topological polar surface area (TPSA) is 71.1 Å². The van der Waals surface area contributed by atoms with E-state index in [2.05, 4.69) is 15.6 Å². The van der Waals surface area contributed by atoms with E-state index >= 15 is 0 Å². The summed E-state index contributed by atoms with van der Waals surface area (Å²) in [5.41, 5.74) is 1.24. The summed E-state index contributed by atoms with van der Waals surface area (Å²) in [6.45, 7) is 0.484. The number of rotatable bonds is 7. The van der Waals surface area contributed by atoms with Crippen LogP contribution in [0.1, 0.15) is 32.8 Å². The first-order chi connectivity index (χ1) is 14.0. The van der Waals surface area contributed by atoms with Gasteiger partial charge < -0.3 is 10.6 Å². The maximum Gasteiger partial charge on any atom is 0.274 e. The molecule has 0 bridgehead atoms. The largest absolute Gasteiger partial charge is 0.352 e. The number of aromatic nitrogens is 1. The van der Waals surface area contributed by atoms with Crippen molar-refractivity contribution in [2.45, 2.75) is 12.8 Å². The first kappa shape index (κ1) is 20.1. The molecule has 3 rings (SSSR count). The van der Waals surface area contributed by atoms with Gasteiger partial charge in [-0.2, -0.15) is 0 Å². The second-order valence-corrected chi connectivity index (χ2v) is 6.35. The molecule has 2 N–H and O–H groups in total. The highest BCUT2D eigenvalue weighted by Crippen LogP contribution is 2.16. The number of benzene rings is 2. The van der Waals surface area contributed by atoms with Crippen LogP contribution >= 0.6 is 0 Å². The minimum absolute atomic E-state index is 0.0503. The number of amides is 2. The van der Waals surface area contributed by atoms with Gasteiger partial charge >= 0.3 is 0 Å². The van der Waals surface area contributed by atoms with E-state index in [0.29, 0.717) is 12.6 Å². The number of aryl methyl sites for hydroxylation is 1. The Morgan fingerprint density at radius 2 is 1.72 bits per heavy atom. The molecule has 5 nitrogen and oxygen atoms in total. The Labute approximate surface area is 166 Å². The molecular weight excluding hydrogens is 376 g/mol. The number of pyridine rings is 1. The van der Waals surface area contributed by atoms with Gasteiger partial charge in [-0.3, -0.25) is 14.6 Å². The zero-order valence-corrected chi connectivity index (χ0v) is 15.5. The standard InChI is InChI=1S/C22H19F2N3O2/c23-17-8-9-19(18(24)14-17)27-22(29)20-13-16(10-12-25-20)21(28)26-11-4-7-15-5-2-1-3-6-15/h1-3,5-6,8-10,12-14H,4,7,11H2,(H,26,28)(H,27,29). The number of nitrogens with one attached hydrogen (secondary N) is 2. The van der Waals surface area contributed by atoms with Crippen LogP contribution < -0.4 is 10.6 Å². The highest BCUT2D eigenvalue weighted by Gasteiger charge is 2.14. The number of hydrogen-bond acceptors (Lipinski definition) is 3. The molecule has 0 spiro atoms. The van der Waals surface area contributed by atoms with Gasteiger partial charge in [-0.05, 0) is 42.7 Å². The molecule has 1 aromatic heterocycles. The highest BCUT2D eigenvalue weighted by molar-refractivity contribution is 6.04. The van der Waals surface area contributed by atoms with E-state index < -0.39 is 17.5 Å². The summed E-state index contributed by atoms with van der Waals surface area (Å²) in [6.07, 6.45) is 2.95. The molecule has 0 unspecified atom stereocenters. The minimum atomic E-state index is -0.898. The van der Waals surface area contributed by atoms with Crippen molar-refractivity contribution in [1.29, 1.82) is 0 Å². The monoisotopic (exact) mass is 395 g/mol. The van der Waals surface area contributed by atoms with Crippen LogP contribution in [-0.4, -0.2) is 23.3 Å². The Morgan fingerprint density at radius 1 is 0.931 bits per heavy atom. The molecule has 0 aliphatic rings.